The molecular weight excluding hydrogens is 498 g/mol. The zero-order valence-electron chi connectivity index (χ0n) is 22.6. The van der Waals surface area contributed by atoms with E-state index in [1.54, 1.807) is 11.9 Å². The van der Waals surface area contributed by atoms with Crippen LogP contribution in [0, 0.1) is 13.8 Å². The number of sulfonamides is 1. The van der Waals surface area contributed by atoms with Gasteiger partial charge < -0.3 is 10.2 Å². The number of carbonyl (C=O) groups is 2. The Hall–Kier alpha value is -3.65. The fourth-order valence-electron chi connectivity index (χ4n) is 4.47. The van der Waals surface area contributed by atoms with E-state index in [1.807, 2.05) is 92.7 Å². The first-order chi connectivity index (χ1) is 18.1. The SMILES string of the molecule is CNC(=O)[C@@H](Cc1ccccc1)N(Cc1ccccc1)C(=O)CCCN(c1cc(C)ccc1C)S(C)(=O)=O. The van der Waals surface area contributed by atoms with Crippen molar-refractivity contribution < 1.29 is 18.0 Å². The predicted octanol–water partition coefficient (Wildman–Crippen LogP) is 4.24. The summed E-state index contributed by atoms with van der Waals surface area (Å²) in [4.78, 5) is 28.3. The van der Waals surface area contributed by atoms with Crippen molar-refractivity contribution in [2.75, 3.05) is 24.2 Å². The van der Waals surface area contributed by atoms with Gasteiger partial charge in [0.15, 0.2) is 0 Å². The van der Waals surface area contributed by atoms with Gasteiger partial charge in [-0.1, -0.05) is 72.8 Å². The summed E-state index contributed by atoms with van der Waals surface area (Å²) in [7, 11) is -1.98. The molecule has 0 aliphatic carbocycles. The molecule has 0 aliphatic heterocycles. The van der Waals surface area contributed by atoms with Crippen LogP contribution < -0.4 is 9.62 Å². The number of aryl methyl sites for hydroxylation is 2. The van der Waals surface area contributed by atoms with Crippen LogP contribution in [-0.2, 0) is 32.6 Å². The highest BCUT2D eigenvalue weighted by Gasteiger charge is 2.30. The summed E-state index contributed by atoms with van der Waals surface area (Å²) in [5.41, 5.74) is 4.29. The maximum absolute atomic E-state index is 13.7. The number of carbonyl (C=O) groups excluding carboxylic acids is 2. The molecule has 1 atom stereocenters. The van der Waals surface area contributed by atoms with Crippen LogP contribution in [0.2, 0.25) is 0 Å². The Bertz CT molecular complexity index is 1330. The third kappa shape index (κ3) is 7.92. The lowest BCUT2D eigenvalue weighted by Gasteiger charge is -2.31. The summed E-state index contributed by atoms with van der Waals surface area (Å²) in [6.07, 6.45) is 1.97. The summed E-state index contributed by atoms with van der Waals surface area (Å²) in [6, 6.07) is 24.1. The van der Waals surface area contributed by atoms with Gasteiger partial charge in [0.2, 0.25) is 21.8 Å². The molecule has 38 heavy (non-hydrogen) atoms. The molecule has 0 bridgehead atoms. The van der Waals surface area contributed by atoms with E-state index in [2.05, 4.69) is 5.32 Å². The molecule has 0 saturated carbocycles. The molecule has 0 heterocycles. The molecule has 2 amide bonds. The summed E-state index contributed by atoms with van der Waals surface area (Å²) in [6.45, 7) is 4.23. The molecule has 0 aliphatic rings. The highest BCUT2D eigenvalue weighted by atomic mass is 32.2. The second-order valence-electron chi connectivity index (χ2n) is 9.56. The van der Waals surface area contributed by atoms with Gasteiger partial charge in [0.1, 0.15) is 6.04 Å². The van der Waals surface area contributed by atoms with Crippen molar-refractivity contribution in [2.45, 2.75) is 45.7 Å². The number of likely N-dealkylation sites (N-methyl/N-ethyl adjacent to an activating group) is 1. The summed E-state index contributed by atoms with van der Waals surface area (Å²) in [5, 5.41) is 2.71. The quantitative estimate of drug-likeness (QED) is 0.376. The average Bonchev–Trinajstić information content (AvgIpc) is 2.90. The molecule has 0 spiro atoms. The minimum absolute atomic E-state index is 0.103. The van der Waals surface area contributed by atoms with Crippen molar-refractivity contribution in [3.8, 4) is 0 Å². The lowest BCUT2D eigenvalue weighted by atomic mass is 10.0. The van der Waals surface area contributed by atoms with E-state index in [0.29, 0.717) is 18.5 Å². The Labute approximate surface area is 226 Å². The molecule has 0 unspecified atom stereocenters. The van der Waals surface area contributed by atoms with Crippen molar-refractivity contribution in [3.05, 3.63) is 101 Å². The molecule has 202 valence electrons. The minimum Gasteiger partial charge on any atom is -0.357 e. The Balaban J connectivity index is 1.84. The number of rotatable bonds is 12. The largest absolute Gasteiger partial charge is 0.357 e. The van der Waals surface area contributed by atoms with Crippen LogP contribution in [0.4, 0.5) is 5.69 Å². The van der Waals surface area contributed by atoms with Crippen molar-refractivity contribution in [2.24, 2.45) is 0 Å². The van der Waals surface area contributed by atoms with Crippen LogP contribution >= 0.6 is 0 Å². The first-order valence-electron chi connectivity index (χ1n) is 12.7. The maximum Gasteiger partial charge on any atom is 0.242 e. The normalized spacial score (nSPS) is 12.0. The summed E-state index contributed by atoms with van der Waals surface area (Å²) < 4.78 is 26.7. The molecule has 0 radical (unpaired) electrons. The molecule has 7 nitrogen and oxygen atoms in total. The Morgan fingerprint density at radius 1 is 0.895 bits per heavy atom. The number of hydrogen-bond acceptors (Lipinski definition) is 4. The minimum atomic E-state index is -3.55. The van der Waals surface area contributed by atoms with E-state index < -0.39 is 16.1 Å². The fraction of sp³-hybridized carbons (Fsp3) is 0.333. The van der Waals surface area contributed by atoms with Crippen LogP contribution in [0.15, 0.2) is 78.9 Å². The average molecular weight is 536 g/mol. The molecule has 0 saturated heterocycles. The number of anilines is 1. The molecule has 0 fully saturated rings. The zero-order valence-corrected chi connectivity index (χ0v) is 23.4. The molecular formula is C30H37N3O4S. The van der Waals surface area contributed by atoms with E-state index in [9.17, 15) is 18.0 Å². The van der Waals surface area contributed by atoms with E-state index in [1.165, 1.54) is 10.6 Å². The number of amides is 2. The van der Waals surface area contributed by atoms with Gasteiger partial charge in [-0.25, -0.2) is 8.42 Å². The summed E-state index contributed by atoms with van der Waals surface area (Å²) >= 11 is 0. The first kappa shape index (κ1) is 28.9. The van der Waals surface area contributed by atoms with Crippen molar-refractivity contribution in [1.29, 1.82) is 0 Å². The van der Waals surface area contributed by atoms with Gasteiger partial charge >= 0.3 is 0 Å². The van der Waals surface area contributed by atoms with Crippen molar-refractivity contribution in [3.63, 3.8) is 0 Å². The molecule has 3 aromatic rings. The van der Waals surface area contributed by atoms with Gasteiger partial charge in [-0.3, -0.25) is 13.9 Å². The lowest BCUT2D eigenvalue weighted by molar-refractivity contribution is -0.141. The second-order valence-corrected chi connectivity index (χ2v) is 11.5. The third-order valence-corrected chi connectivity index (χ3v) is 7.68. The third-order valence-electron chi connectivity index (χ3n) is 6.50. The molecule has 0 aromatic heterocycles. The van der Waals surface area contributed by atoms with Crippen LogP contribution in [0.5, 0.6) is 0 Å². The monoisotopic (exact) mass is 535 g/mol. The molecule has 3 rings (SSSR count). The van der Waals surface area contributed by atoms with Crippen LogP contribution in [0.3, 0.4) is 0 Å². The Kier molecular flexibility index (Phi) is 10.1. The molecule has 3 aromatic carbocycles. The van der Waals surface area contributed by atoms with Crippen LogP contribution in [0.1, 0.15) is 35.1 Å². The van der Waals surface area contributed by atoms with Gasteiger partial charge in [-0.2, -0.15) is 0 Å². The van der Waals surface area contributed by atoms with Crippen molar-refractivity contribution >= 4 is 27.5 Å². The number of nitrogens with zero attached hydrogens (tertiary/aromatic N) is 2. The summed E-state index contributed by atoms with van der Waals surface area (Å²) in [5.74, 6) is -0.445. The Morgan fingerprint density at radius 2 is 1.50 bits per heavy atom. The standard InChI is InChI=1S/C30H37N3O4S/c1-23-17-18-24(2)27(20-23)33(38(4,36)37)19-11-16-29(34)32(22-26-14-9-6-10-15-26)28(30(35)31-3)21-25-12-7-5-8-13-25/h5-10,12-15,17-18,20,28H,11,16,19,21-22H2,1-4H3,(H,31,35)/t28-/m1/s1. The van der Waals surface area contributed by atoms with Gasteiger partial charge in [-0.05, 0) is 48.6 Å². The lowest BCUT2D eigenvalue weighted by Crippen LogP contribution is -2.49. The van der Waals surface area contributed by atoms with Gasteiger partial charge in [-0.15, -0.1) is 0 Å². The van der Waals surface area contributed by atoms with Gasteiger partial charge in [0, 0.05) is 33.0 Å². The van der Waals surface area contributed by atoms with Crippen LogP contribution in [0.25, 0.3) is 0 Å². The van der Waals surface area contributed by atoms with Gasteiger partial charge in [0.05, 0.1) is 11.9 Å². The second kappa shape index (κ2) is 13.2. The number of benzene rings is 3. The predicted molar refractivity (Wildman–Crippen MR) is 152 cm³/mol. The molecule has 1 N–H and O–H groups in total. The zero-order chi connectivity index (χ0) is 27.7. The smallest absolute Gasteiger partial charge is 0.242 e. The van der Waals surface area contributed by atoms with E-state index in [4.69, 9.17) is 0 Å². The van der Waals surface area contributed by atoms with Gasteiger partial charge in [0.25, 0.3) is 0 Å². The van der Waals surface area contributed by atoms with E-state index >= 15 is 0 Å². The number of nitrogens with one attached hydrogen (secondary N) is 1. The van der Waals surface area contributed by atoms with E-state index in [0.717, 1.165) is 22.3 Å². The highest BCUT2D eigenvalue weighted by molar-refractivity contribution is 7.92. The van der Waals surface area contributed by atoms with E-state index in [-0.39, 0.29) is 31.3 Å². The van der Waals surface area contributed by atoms with Crippen molar-refractivity contribution in [1.82, 2.24) is 10.2 Å². The fourth-order valence-corrected chi connectivity index (χ4v) is 5.49. The Morgan fingerprint density at radius 3 is 2.08 bits per heavy atom. The van der Waals surface area contributed by atoms with Crippen LogP contribution in [-0.4, -0.2) is 51.0 Å². The first-order valence-corrected chi connectivity index (χ1v) is 14.6. The molecule has 8 heteroatoms. The maximum atomic E-state index is 13.7. The topological polar surface area (TPSA) is 86.8 Å². The number of hydrogen-bond donors (Lipinski definition) is 1. The highest BCUT2D eigenvalue weighted by Crippen LogP contribution is 2.25.